The highest BCUT2D eigenvalue weighted by atomic mass is 16.5. The zero-order valence-corrected chi connectivity index (χ0v) is 11.0. The van der Waals surface area contributed by atoms with E-state index >= 15 is 0 Å². The van der Waals surface area contributed by atoms with Gasteiger partial charge in [0.1, 0.15) is 5.75 Å². The van der Waals surface area contributed by atoms with Crippen LogP contribution in [0, 0.1) is 0 Å². The Kier molecular flexibility index (Phi) is 3.87. The maximum Gasteiger partial charge on any atom is 0.251 e. The molecule has 0 atom stereocenters. The van der Waals surface area contributed by atoms with Crippen LogP contribution in [0.5, 0.6) is 5.75 Å². The molecule has 4 nitrogen and oxygen atoms in total. The van der Waals surface area contributed by atoms with E-state index in [0.717, 1.165) is 11.3 Å². The molecule has 0 radical (unpaired) electrons. The van der Waals surface area contributed by atoms with Crippen molar-refractivity contribution in [3.8, 4) is 5.75 Å². The van der Waals surface area contributed by atoms with Crippen molar-refractivity contribution in [2.45, 2.75) is 25.8 Å². The van der Waals surface area contributed by atoms with Crippen molar-refractivity contribution in [1.82, 2.24) is 5.32 Å². The summed E-state index contributed by atoms with van der Waals surface area (Å²) in [4.78, 5) is 12.0. The minimum absolute atomic E-state index is 0.0723. The highest BCUT2D eigenvalue weighted by Crippen LogP contribution is 2.27. The normalized spacial score (nSPS) is 15.3. The minimum atomic E-state index is -0.0723. The van der Waals surface area contributed by atoms with Crippen LogP contribution >= 0.6 is 0 Å². The predicted octanol–water partition coefficient (Wildman–Crippen LogP) is 1.95. The third-order valence-corrected chi connectivity index (χ3v) is 3.09. The lowest BCUT2D eigenvalue weighted by molar-refractivity contribution is -0.00346. The molecule has 1 amide bonds. The number of methoxy groups -OCH3 is 1. The van der Waals surface area contributed by atoms with Gasteiger partial charge in [-0.15, -0.1) is 0 Å². The molecule has 98 valence electrons. The van der Waals surface area contributed by atoms with Crippen LogP contribution in [0.25, 0.3) is 0 Å². The topological polar surface area (TPSA) is 47.6 Å². The molecule has 0 bridgehead atoms. The molecule has 18 heavy (non-hydrogen) atoms. The molecule has 0 spiro atoms. The van der Waals surface area contributed by atoms with E-state index in [0.29, 0.717) is 24.7 Å². The molecule has 1 aliphatic heterocycles. The maximum atomic E-state index is 12.0. The van der Waals surface area contributed by atoms with Crippen molar-refractivity contribution in [1.29, 1.82) is 0 Å². The second kappa shape index (κ2) is 5.40. The van der Waals surface area contributed by atoms with Gasteiger partial charge in [0.2, 0.25) is 0 Å². The average molecular weight is 249 g/mol. The Labute approximate surface area is 107 Å². The van der Waals surface area contributed by atoms with Crippen LogP contribution in [0.3, 0.4) is 0 Å². The first kappa shape index (κ1) is 12.9. The monoisotopic (exact) mass is 249 g/mol. The first-order valence-corrected chi connectivity index (χ1v) is 6.18. The Balaban J connectivity index is 2.15. The van der Waals surface area contributed by atoms with Gasteiger partial charge >= 0.3 is 0 Å². The molecule has 1 aromatic rings. The lowest BCUT2D eigenvalue weighted by atomic mass is 10.00. The van der Waals surface area contributed by atoms with Gasteiger partial charge in [-0.3, -0.25) is 4.79 Å². The molecular weight excluding hydrogens is 230 g/mol. The molecule has 1 aromatic carbocycles. The largest absolute Gasteiger partial charge is 0.496 e. The number of hydrogen-bond acceptors (Lipinski definition) is 3. The van der Waals surface area contributed by atoms with E-state index in [1.807, 2.05) is 12.1 Å². The van der Waals surface area contributed by atoms with Crippen molar-refractivity contribution in [2.75, 3.05) is 20.3 Å². The highest BCUT2D eigenvalue weighted by molar-refractivity contribution is 5.95. The quantitative estimate of drug-likeness (QED) is 0.887. The standard InChI is InChI=1S/C14H19NO3/c1-9(2)12-5-4-10(6-13(12)17-3)14(16)15-11-7-18-8-11/h4-6,9,11H,7-8H2,1-3H3,(H,15,16). The van der Waals surface area contributed by atoms with Crippen LogP contribution in [-0.2, 0) is 4.74 Å². The van der Waals surface area contributed by atoms with Gasteiger partial charge < -0.3 is 14.8 Å². The number of nitrogens with one attached hydrogen (secondary N) is 1. The van der Waals surface area contributed by atoms with E-state index in [1.165, 1.54) is 0 Å². The first-order chi connectivity index (χ1) is 8.61. The highest BCUT2D eigenvalue weighted by Gasteiger charge is 2.21. The first-order valence-electron chi connectivity index (χ1n) is 6.18. The number of carbonyl (C=O) groups is 1. The SMILES string of the molecule is COc1cc(C(=O)NC2COC2)ccc1C(C)C. The second-order valence-electron chi connectivity index (χ2n) is 4.82. The molecule has 1 heterocycles. The van der Waals surface area contributed by atoms with E-state index in [-0.39, 0.29) is 11.9 Å². The molecule has 0 unspecified atom stereocenters. The summed E-state index contributed by atoms with van der Waals surface area (Å²) in [6.45, 7) is 5.41. The number of benzene rings is 1. The molecule has 1 fully saturated rings. The van der Waals surface area contributed by atoms with E-state index in [4.69, 9.17) is 9.47 Å². The fourth-order valence-electron chi connectivity index (χ4n) is 1.92. The van der Waals surface area contributed by atoms with Crippen LogP contribution < -0.4 is 10.1 Å². The number of hydrogen-bond donors (Lipinski definition) is 1. The van der Waals surface area contributed by atoms with Crippen molar-refractivity contribution in [2.24, 2.45) is 0 Å². The van der Waals surface area contributed by atoms with Gasteiger partial charge in [0.05, 0.1) is 26.4 Å². The van der Waals surface area contributed by atoms with E-state index in [2.05, 4.69) is 19.2 Å². The lowest BCUT2D eigenvalue weighted by Gasteiger charge is -2.26. The van der Waals surface area contributed by atoms with E-state index in [9.17, 15) is 4.79 Å². The zero-order valence-electron chi connectivity index (χ0n) is 11.0. The summed E-state index contributed by atoms with van der Waals surface area (Å²) in [5.74, 6) is 1.07. The number of amides is 1. The van der Waals surface area contributed by atoms with Crippen molar-refractivity contribution in [3.05, 3.63) is 29.3 Å². The van der Waals surface area contributed by atoms with Crippen LogP contribution in [0.1, 0.15) is 35.7 Å². The third kappa shape index (κ3) is 2.64. The molecule has 1 aliphatic rings. The Hall–Kier alpha value is -1.55. The smallest absolute Gasteiger partial charge is 0.251 e. The molecule has 4 heteroatoms. The fraction of sp³-hybridized carbons (Fsp3) is 0.500. The van der Waals surface area contributed by atoms with Crippen LogP contribution in [0.15, 0.2) is 18.2 Å². The summed E-state index contributed by atoms with van der Waals surface area (Å²) in [6, 6.07) is 5.74. The Bertz CT molecular complexity index is 439. The molecule has 0 saturated carbocycles. The van der Waals surface area contributed by atoms with E-state index in [1.54, 1.807) is 13.2 Å². The summed E-state index contributed by atoms with van der Waals surface area (Å²) in [5, 5.41) is 2.91. The second-order valence-corrected chi connectivity index (χ2v) is 4.82. The number of ether oxygens (including phenoxy) is 2. The minimum Gasteiger partial charge on any atom is -0.496 e. The van der Waals surface area contributed by atoms with Crippen LogP contribution in [0.2, 0.25) is 0 Å². The Morgan fingerprint density at radius 1 is 1.44 bits per heavy atom. The molecule has 1 saturated heterocycles. The third-order valence-electron chi connectivity index (χ3n) is 3.09. The van der Waals surface area contributed by atoms with Gasteiger partial charge in [0.25, 0.3) is 5.91 Å². The fourth-order valence-corrected chi connectivity index (χ4v) is 1.92. The summed E-state index contributed by atoms with van der Waals surface area (Å²) < 4.78 is 10.4. The van der Waals surface area contributed by atoms with E-state index < -0.39 is 0 Å². The average Bonchev–Trinajstić information content (AvgIpc) is 2.32. The lowest BCUT2D eigenvalue weighted by Crippen LogP contribution is -2.48. The maximum absolute atomic E-state index is 12.0. The number of rotatable bonds is 4. The molecule has 0 aromatic heterocycles. The van der Waals surface area contributed by atoms with Crippen LogP contribution in [-0.4, -0.2) is 32.3 Å². The zero-order chi connectivity index (χ0) is 13.1. The summed E-state index contributed by atoms with van der Waals surface area (Å²) >= 11 is 0. The summed E-state index contributed by atoms with van der Waals surface area (Å²) in [6.07, 6.45) is 0. The van der Waals surface area contributed by atoms with Gasteiger partial charge in [0, 0.05) is 5.56 Å². The van der Waals surface area contributed by atoms with Gasteiger partial charge in [-0.2, -0.15) is 0 Å². The van der Waals surface area contributed by atoms with Gasteiger partial charge in [-0.25, -0.2) is 0 Å². The van der Waals surface area contributed by atoms with Crippen molar-refractivity contribution >= 4 is 5.91 Å². The molecular formula is C14H19NO3. The Morgan fingerprint density at radius 3 is 2.67 bits per heavy atom. The van der Waals surface area contributed by atoms with Crippen molar-refractivity contribution < 1.29 is 14.3 Å². The molecule has 1 N–H and O–H groups in total. The summed E-state index contributed by atoms with van der Waals surface area (Å²) in [7, 11) is 1.63. The predicted molar refractivity (Wildman–Crippen MR) is 69.2 cm³/mol. The summed E-state index contributed by atoms with van der Waals surface area (Å²) in [5.41, 5.74) is 1.74. The Morgan fingerprint density at radius 2 is 2.17 bits per heavy atom. The van der Waals surface area contributed by atoms with Gasteiger partial charge in [0.15, 0.2) is 0 Å². The molecule has 0 aliphatic carbocycles. The van der Waals surface area contributed by atoms with Crippen molar-refractivity contribution in [3.63, 3.8) is 0 Å². The van der Waals surface area contributed by atoms with Gasteiger partial charge in [-0.1, -0.05) is 19.9 Å². The number of carbonyl (C=O) groups excluding carboxylic acids is 1. The van der Waals surface area contributed by atoms with Crippen LogP contribution in [0.4, 0.5) is 0 Å². The van der Waals surface area contributed by atoms with Gasteiger partial charge in [-0.05, 0) is 23.6 Å². The molecule has 2 rings (SSSR count).